The number of nitrogens with one attached hydrogen (secondary N) is 1. The van der Waals surface area contributed by atoms with Gasteiger partial charge in [-0.25, -0.2) is 41.4 Å². The van der Waals surface area contributed by atoms with Gasteiger partial charge in [-0.2, -0.15) is 5.10 Å². The van der Waals surface area contributed by atoms with Crippen LogP contribution < -0.4 is 9.62 Å². The van der Waals surface area contributed by atoms with Gasteiger partial charge >= 0.3 is 0 Å². The second-order valence-corrected chi connectivity index (χ2v) is 10.7. The van der Waals surface area contributed by atoms with E-state index < -0.39 is 16.4 Å². The molecule has 3 aromatic heterocycles. The predicted molar refractivity (Wildman–Crippen MR) is 122 cm³/mol. The lowest BCUT2D eigenvalue weighted by atomic mass is 10.0. The molecule has 1 saturated heterocycles. The predicted octanol–water partition coefficient (Wildman–Crippen LogP) is 1.71. The number of anilines is 1. The summed E-state index contributed by atoms with van der Waals surface area (Å²) >= 11 is 0. The number of halogens is 2. The summed E-state index contributed by atoms with van der Waals surface area (Å²) in [4.78, 5) is 17.6. The average Bonchev–Trinajstić information content (AvgIpc) is 3.55. The second-order valence-electron chi connectivity index (χ2n) is 8.82. The topological polar surface area (TPSA) is 109 Å². The molecule has 0 unspecified atom stereocenters. The highest BCUT2D eigenvalue weighted by Gasteiger charge is 2.41. The lowest BCUT2D eigenvalue weighted by Crippen LogP contribution is -2.62. The van der Waals surface area contributed by atoms with Crippen LogP contribution in [0.3, 0.4) is 0 Å². The maximum atomic E-state index is 13.2. The lowest BCUT2D eigenvalue weighted by Gasteiger charge is -2.47. The second kappa shape index (κ2) is 8.78. The largest absolute Gasteiger partial charge is 0.351 e. The molecule has 1 aliphatic carbocycles. The van der Waals surface area contributed by atoms with Crippen molar-refractivity contribution in [1.82, 2.24) is 34.2 Å². The quantitative estimate of drug-likeness (QED) is 0.531. The van der Waals surface area contributed by atoms with Gasteiger partial charge in [-0.05, 0) is 31.9 Å². The van der Waals surface area contributed by atoms with E-state index in [4.69, 9.17) is 0 Å². The van der Waals surface area contributed by atoms with Gasteiger partial charge < -0.3 is 4.90 Å². The molecule has 2 atom stereocenters. The SMILES string of the molecule is C[C@H]1[C@@H](CNS(C)(=O)=O)N(C2CC2)CCN1c1cc(-c2cnc3ccc(C(F)F)nn23)ncn1. The summed E-state index contributed by atoms with van der Waals surface area (Å²) in [5.74, 6) is 0.678. The van der Waals surface area contributed by atoms with Crippen LogP contribution in [0.2, 0.25) is 0 Å². The zero-order valence-electron chi connectivity index (χ0n) is 18.8. The third-order valence-electron chi connectivity index (χ3n) is 6.46. The number of rotatable bonds is 7. The lowest BCUT2D eigenvalue weighted by molar-refractivity contribution is 0.138. The number of piperazine rings is 1. The van der Waals surface area contributed by atoms with Gasteiger partial charge in [0.05, 0.1) is 18.1 Å². The third kappa shape index (κ3) is 4.59. The van der Waals surface area contributed by atoms with E-state index in [0.717, 1.165) is 25.9 Å². The fourth-order valence-corrected chi connectivity index (χ4v) is 5.08. The van der Waals surface area contributed by atoms with Crippen LogP contribution in [0, 0.1) is 0 Å². The molecule has 0 bridgehead atoms. The molecule has 1 N–H and O–H groups in total. The first-order valence-electron chi connectivity index (χ1n) is 11.1. The zero-order chi connectivity index (χ0) is 24.0. The van der Waals surface area contributed by atoms with Gasteiger partial charge in [0.15, 0.2) is 5.65 Å². The van der Waals surface area contributed by atoms with Crippen LogP contribution in [-0.4, -0.2) is 81.9 Å². The van der Waals surface area contributed by atoms with Crippen LogP contribution in [0.15, 0.2) is 30.7 Å². The monoisotopic (exact) mass is 492 g/mol. The van der Waals surface area contributed by atoms with E-state index >= 15 is 0 Å². The van der Waals surface area contributed by atoms with E-state index in [1.807, 2.05) is 0 Å². The summed E-state index contributed by atoms with van der Waals surface area (Å²) in [6, 6.07) is 5.01. The van der Waals surface area contributed by atoms with E-state index in [2.05, 4.69) is 41.5 Å². The number of fused-ring (bicyclic) bond motifs is 1. The molecule has 4 heterocycles. The molecule has 0 spiro atoms. The van der Waals surface area contributed by atoms with Crippen molar-refractivity contribution in [3.8, 4) is 11.4 Å². The minimum Gasteiger partial charge on any atom is -0.351 e. The van der Waals surface area contributed by atoms with Crippen LogP contribution in [-0.2, 0) is 10.0 Å². The van der Waals surface area contributed by atoms with Gasteiger partial charge in [0.2, 0.25) is 10.0 Å². The molecule has 0 radical (unpaired) electrons. The summed E-state index contributed by atoms with van der Waals surface area (Å²) in [6.45, 7) is 3.90. The van der Waals surface area contributed by atoms with E-state index in [-0.39, 0.29) is 17.8 Å². The summed E-state index contributed by atoms with van der Waals surface area (Å²) < 4.78 is 53.9. The van der Waals surface area contributed by atoms with Crippen molar-refractivity contribution >= 4 is 21.5 Å². The van der Waals surface area contributed by atoms with E-state index in [9.17, 15) is 17.2 Å². The van der Waals surface area contributed by atoms with Crippen molar-refractivity contribution in [2.24, 2.45) is 0 Å². The molecule has 1 saturated carbocycles. The van der Waals surface area contributed by atoms with Crippen molar-refractivity contribution in [1.29, 1.82) is 0 Å². The molecule has 0 aromatic carbocycles. The van der Waals surface area contributed by atoms with Gasteiger partial charge in [-0.1, -0.05) is 0 Å². The number of hydrogen-bond acceptors (Lipinski definition) is 8. The molecule has 2 aliphatic rings. The first-order chi connectivity index (χ1) is 16.2. The maximum Gasteiger partial charge on any atom is 0.282 e. The number of aromatic nitrogens is 5. The smallest absolute Gasteiger partial charge is 0.282 e. The van der Waals surface area contributed by atoms with Crippen molar-refractivity contribution in [2.75, 3.05) is 30.8 Å². The Morgan fingerprint density at radius 2 is 1.97 bits per heavy atom. The Labute approximate surface area is 196 Å². The number of hydrogen-bond donors (Lipinski definition) is 1. The van der Waals surface area contributed by atoms with Crippen molar-refractivity contribution < 1.29 is 17.2 Å². The average molecular weight is 493 g/mol. The Morgan fingerprint density at radius 3 is 2.68 bits per heavy atom. The molecule has 3 aromatic rings. The number of sulfonamides is 1. The molecule has 13 heteroatoms. The van der Waals surface area contributed by atoms with Crippen LogP contribution in [0.1, 0.15) is 31.9 Å². The normalized spacial score (nSPS) is 22.1. The molecule has 2 fully saturated rings. The van der Waals surface area contributed by atoms with E-state index in [1.165, 1.54) is 29.2 Å². The molecule has 0 amide bonds. The summed E-state index contributed by atoms with van der Waals surface area (Å²) in [6.07, 6.45) is 3.71. The number of imidazole rings is 1. The standard InChI is InChI=1S/C21H26F2N8O2S/c1-13-17(11-27-34(2,32)33)30(14-3-4-14)8-7-29(13)20-9-16(25-12-26-20)18-10-24-19-6-5-15(21(22)23)28-31(18)19/h5-6,9-10,12-14,17,21,27H,3-4,7-8,11H2,1-2H3/t13-,17+/m0/s1. The molecule has 34 heavy (non-hydrogen) atoms. The highest BCUT2D eigenvalue weighted by molar-refractivity contribution is 7.88. The maximum absolute atomic E-state index is 13.2. The summed E-state index contributed by atoms with van der Waals surface area (Å²) in [7, 11) is -3.32. The van der Waals surface area contributed by atoms with Gasteiger partial charge in [0, 0.05) is 43.8 Å². The van der Waals surface area contributed by atoms with E-state index in [1.54, 1.807) is 12.3 Å². The molecule has 5 rings (SSSR count). The Hall–Kier alpha value is -2.77. The first kappa shape index (κ1) is 23.0. The van der Waals surface area contributed by atoms with Crippen LogP contribution in [0.25, 0.3) is 17.0 Å². The highest BCUT2D eigenvalue weighted by atomic mass is 32.2. The minimum atomic E-state index is -3.32. The van der Waals surface area contributed by atoms with Gasteiger partial charge in [0.1, 0.15) is 23.5 Å². The summed E-state index contributed by atoms with van der Waals surface area (Å²) in [5, 5.41) is 4.02. The van der Waals surface area contributed by atoms with Crippen molar-refractivity contribution in [2.45, 2.75) is 44.3 Å². The first-order valence-corrected chi connectivity index (χ1v) is 13.0. The third-order valence-corrected chi connectivity index (χ3v) is 7.15. The van der Waals surface area contributed by atoms with Crippen LogP contribution >= 0.6 is 0 Å². The Balaban J connectivity index is 1.45. The van der Waals surface area contributed by atoms with Crippen LogP contribution in [0.4, 0.5) is 14.6 Å². The van der Waals surface area contributed by atoms with Gasteiger partial charge in [-0.15, -0.1) is 0 Å². The van der Waals surface area contributed by atoms with E-state index in [0.29, 0.717) is 35.4 Å². The summed E-state index contributed by atoms with van der Waals surface area (Å²) in [5.41, 5.74) is 1.10. The molecule has 10 nitrogen and oxygen atoms in total. The van der Waals surface area contributed by atoms with Crippen LogP contribution in [0.5, 0.6) is 0 Å². The Bertz CT molecular complexity index is 1300. The molecule has 182 valence electrons. The zero-order valence-corrected chi connectivity index (χ0v) is 19.7. The molecular weight excluding hydrogens is 466 g/mol. The van der Waals surface area contributed by atoms with Gasteiger partial charge in [-0.3, -0.25) is 4.90 Å². The Kier molecular flexibility index (Phi) is 5.94. The molecule has 1 aliphatic heterocycles. The van der Waals surface area contributed by atoms with Gasteiger partial charge in [0.25, 0.3) is 6.43 Å². The number of nitrogens with zero attached hydrogens (tertiary/aromatic N) is 7. The van der Waals surface area contributed by atoms with Crippen molar-refractivity contribution in [3.05, 3.63) is 36.4 Å². The molecular formula is C21H26F2N8O2S. The fourth-order valence-electron chi connectivity index (χ4n) is 4.61. The highest BCUT2D eigenvalue weighted by Crippen LogP contribution is 2.34. The number of alkyl halides is 2. The Morgan fingerprint density at radius 1 is 1.18 bits per heavy atom. The van der Waals surface area contributed by atoms with Crippen molar-refractivity contribution in [3.63, 3.8) is 0 Å². The fraction of sp³-hybridized carbons (Fsp3) is 0.524. The minimum absolute atomic E-state index is 0.0135.